The number of nitrogens with two attached hydrogens (primary N) is 1. The van der Waals surface area contributed by atoms with Crippen LogP contribution in [0.4, 0.5) is 0 Å². The summed E-state index contributed by atoms with van der Waals surface area (Å²) < 4.78 is 0. The van der Waals surface area contributed by atoms with E-state index in [-0.39, 0.29) is 12.1 Å². The van der Waals surface area contributed by atoms with Crippen LogP contribution in [0.15, 0.2) is 0 Å². The number of nitrogens with zero attached hydrogens (tertiary/aromatic N) is 2. The fraction of sp³-hybridized carbons (Fsp3) is 0.929. The highest BCUT2D eigenvalue weighted by Gasteiger charge is 2.32. The molecule has 0 radical (unpaired) electrons. The highest BCUT2D eigenvalue weighted by molar-refractivity contribution is 5.82. The topological polar surface area (TPSA) is 49.6 Å². The number of likely N-dealkylation sites (tertiary alicyclic amines) is 2. The zero-order chi connectivity index (χ0) is 13.0. The number of hydrogen-bond acceptors (Lipinski definition) is 3. The minimum absolute atomic E-state index is 0.129. The zero-order valence-electron chi connectivity index (χ0n) is 11.6. The molecule has 2 aliphatic heterocycles. The summed E-state index contributed by atoms with van der Waals surface area (Å²) in [5.41, 5.74) is 5.98. The Morgan fingerprint density at radius 1 is 1.22 bits per heavy atom. The third kappa shape index (κ3) is 3.23. The molecule has 2 fully saturated rings. The molecule has 0 aromatic heterocycles. The standard InChI is InChI=1S/C14H27N3O/c1-2-8-16-9-4-3-7-13(16)14(18)17-10-5-6-12(15)11-17/h12-13H,2-11,15H2,1H3/t12-,13-/m1/s1. The van der Waals surface area contributed by atoms with Crippen LogP contribution in [-0.4, -0.2) is 54.0 Å². The van der Waals surface area contributed by atoms with Gasteiger partial charge in [-0.2, -0.15) is 0 Å². The van der Waals surface area contributed by atoms with Crippen molar-refractivity contribution in [2.45, 2.75) is 57.5 Å². The first-order chi connectivity index (χ1) is 8.72. The van der Waals surface area contributed by atoms with E-state index in [9.17, 15) is 4.79 Å². The third-order valence-corrected chi connectivity index (χ3v) is 4.18. The minimum Gasteiger partial charge on any atom is -0.340 e. The number of rotatable bonds is 3. The Labute approximate surface area is 110 Å². The van der Waals surface area contributed by atoms with Crippen molar-refractivity contribution in [1.82, 2.24) is 9.80 Å². The van der Waals surface area contributed by atoms with Crippen molar-refractivity contribution >= 4 is 5.91 Å². The van der Waals surface area contributed by atoms with Gasteiger partial charge in [-0.1, -0.05) is 13.3 Å². The Morgan fingerprint density at radius 2 is 2.06 bits per heavy atom. The molecular weight excluding hydrogens is 226 g/mol. The highest BCUT2D eigenvalue weighted by atomic mass is 16.2. The van der Waals surface area contributed by atoms with Crippen molar-refractivity contribution in [3.63, 3.8) is 0 Å². The molecular formula is C14H27N3O. The summed E-state index contributed by atoms with van der Waals surface area (Å²) in [6.07, 6.45) is 6.72. The average Bonchev–Trinajstić information content (AvgIpc) is 2.39. The normalized spacial score (nSPS) is 30.4. The second kappa shape index (κ2) is 6.53. The van der Waals surface area contributed by atoms with Gasteiger partial charge in [0.2, 0.25) is 5.91 Å². The summed E-state index contributed by atoms with van der Waals surface area (Å²) in [5.74, 6) is 0.332. The highest BCUT2D eigenvalue weighted by Crippen LogP contribution is 2.21. The molecule has 2 N–H and O–H groups in total. The Hall–Kier alpha value is -0.610. The van der Waals surface area contributed by atoms with Gasteiger partial charge in [-0.05, 0) is 45.2 Å². The van der Waals surface area contributed by atoms with E-state index in [1.807, 2.05) is 4.90 Å². The van der Waals surface area contributed by atoms with Gasteiger partial charge >= 0.3 is 0 Å². The van der Waals surface area contributed by atoms with Crippen LogP contribution in [0.5, 0.6) is 0 Å². The lowest BCUT2D eigenvalue weighted by molar-refractivity contribution is -0.139. The molecule has 0 saturated carbocycles. The van der Waals surface area contributed by atoms with Gasteiger partial charge in [0.05, 0.1) is 6.04 Å². The second-order valence-corrected chi connectivity index (χ2v) is 5.73. The molecule has 0 aromatic rings. The first kappa shape index (κ1) is 13.8. The number of amides is 1. The lowest BCUT2D eigenvalue weighted by atomic mass is 9.98. The Bertz CT molecular complexity index is 280. The van der Waals surface area contributed by atoms with Crippen LogP contribution in [0.3, 0.4) is 0 Å². The lowest BCUT2D eigenvalue weighted by Gasteiger charge is -2.39. The van der Waals surface area contributed by atoms with E-state index in [1.165, 1.54) is 12.8 Å². The zero-order valence-corrected chi connectivity index (χ0v) is 11.6. The number of piperidine rings is 2. The first-order valence-electron chi connectivity index (χ1n) is 7.50. The molecule has 2 saturated heterocycles. The average molecular weight is 253 g/mol. The Kier molecular flexibility index (Phi) is 5.01. The molecule has 2 atom stereocenters. The van der Waals surface area contributed by atoms with Crippen LogP contribution in [-0.2, 0) is 4.79 Å². The van der Waals surface area contributed by atoms with E-state index < -0.39 is 0 Å². The minimum atomic E-state index is 0.129. The van der Waals surface area contributed by atoms with E-state index in [4.69, 9.17) is 5.73 Å². The monoisotopic (exact) mass is 253 g/mol. The molecule has 2 rings (SSSR count). The SMILES string of the molecule is CCCN1CCCC[C@@H]1C(=O)N1CCC[C@@H](N)C1. The predicted octanol–water partition coefficient (Wildman–Crippen LogP) is 1.20. The van der Waals surface area contributed by atoms with Crippen molar-refractivity contribution in [3.8, 4) is 0 Å². The summed E-state index contributed by atoms with van der Waals surface area (Å²) in [6, 6.07) is 0.315. The maximum Gasteiger partial charge on any atom is 0.239 e. The van der Waals surface area contributed by atoms with Gasteiger partial charge in [0.25, 0.3) is 0 Å². The lowest BCUT2D eigenvalue weighted by Crippen LogP contribution is -2.55. The number of hydrogen-bond donors (Lipinski definition) is 1. The van der Waals surface area contributed by atoms with E-state index in [2.05, 4.69) is 11.8 Å². The predicted molar refractivity (Wildman–Crippen MR) is 73.3 cm³/mol. The van der Waals surface area contributed by atoms with Gasteiger partial charge < -0.3 is 10.6 Å². The van der Waals surface area contributed by atoms with Gasteiger partial charge in [-0.25, -0.2) is 0 Å². The van der Waals surface area contributed by atoms with Gasteiger partial charge in [0, 0.05) is 19.1 Å². The molecule has 0 aromatic carbocycles. The molecule has 18 heavy (non-hydrogen) atoms. The molecule has 2 aliphatic rings. The van der Waals surface area contributed by atoms with E-state index >= 15 is 0 Å². The first-order valence-corrected chi connectivity index (χ1v) is 7.50. The third-order valence-electron chi connectivity index (χ3n) is 4.18. The molecule has 0 bridgehead atoms. The second-order valence-electron chi connectivity index (χ2n) is 5.73. The smallest absolute Gasteiger partial charge is 0.239 e. The molecule has 0 unspecified atom stereocenters. The van der Waals surface area contributed by atoms with Gasteiger partial charge in [0.15, 0.2) is 0 Å². The van der Waals surface area contributed by atoms with E-state index in [0.717, 1.165) is 51.9 Å². The Morgan fingerprint density at radius 3 is 2.78 bits per heavy atom. The fourth-order valence-electron chi connectivity index (χ4n) is 3.25. The molecule has 104 valence electrons. The van der Waals surface area contributed by atoms with E-state index in [0.29, 0.717) is 5.91 Å². The molecule has 1 amide bonds. The number of carbonyl (C=O) groups is 1. The molecule has 0 aliphatic carbocycles. The van der Waals surface area contributed by atoms with Crippen molar-refractivity contribution in [2.24, 2.45) is 5.73 Å². The van der Waals surface area contributed by atoms with Crippen LogP contribution in [0.1, 0.15) is 45.4 Å². The van der Waals surface area contributed by atoms with Crippen LogP contribution < -0.4 is 5.73 Å². The largest absolute Gasteiger partial charge is 0.340 e. The maximum absolute atomic E-state index is 12.6. The Balaban J connectivity index is 1.96. The van der Waals surface area contributed by atoms with Crippen molar-refractivity contribution in [3.05, 3.63) is 0 Å². The van der Waals surface area contributed by atoms with Gasteiger partial charge in [-0.15, -0.1) is 0 Å². The quantitative estimate of drug-likeness (QED) is 0.822. The van der Waals surface area contributed by atoms with Crippen LogP contribution in [0.25, 0.3) is 0 Å². The van der Waals surface area contributed by atoms with Crippen molar-refractivity contribution in [1.29, 1.82) is 0 Å². The number of carbonyl (C=O) groups excluding carboxylic acids is 1. The molecule has 4 nitrogen and oxygen atoms in total. The molecule has 4 heteroatoms. The summed E-state index contributed by atoms with van der Waals surface area (Å²) in [5, 5.41) is 0. The summed E-state index contributed by atoms with van der Waals surface area (Å²) >= 11 is 0. The summed E-state index contributed by atoms with van der Waals surface area (Å²) in [7, 11) is 0. The van der Waals surface area contributed by atoms with Crippen LogP contribution in [0, 0.1) is 0 Å². The summed E-state index contributed by atoms with van der Waals surface area (Å²) in [6.45, 7) is 5.99. The van der Waals surface area contributed by atoms with Crippen molar-refractivity contribution in [2.75, 3.05) is 26.2 Å². The van der Waals surface area contributed by atoms with Gasteiger partial charge in [-0.3, -0.25) is 9.69 Å². The van der Waals surface area contributed by atoms with Gasteiger partial charge in [0.1, 0.15) is 0 Å². The molecule has 2 heterocycles. The van der Waals surface area contributed by atoms with Crippen LogP contribution >= 0.6 is 0 Å². The van der Waals surface area contributed by atoms with E-state index in [1.54, 1.807) is 0 Å². The maximum atomic E-state index is 12.6. The fourth-order valence-corrected chi connectivity index (χ4v) is 3.25. The summed E-state index contributed by atoms with van der Waals surface area (Å²) in [4.78, 5) is 17.0. The molecule has 0 spiro atoms. The van der Waals surface area contributed by atoms with Crippen molar-refractivity contribution < 1.29 is 4.79 Å². The van der Waals surface area contributed by atoms with Crippen LogP contribution in [0.2, 0.25) is 0 Å².